The second-order valence-electron chi connectivity index (χ2n) is 7.30. The fourth-order valence-electron chi connectivity index (χ4n) is 3.88. The molecule has 0 unspecified atom stereocenters. The van der Waals surface area contributed by atoms with Crippen LogP contribution in [0.5, 0.6) is 0 Å². The van der Waals surface area contributed by atoms with E-state index in [1.54, 1.807) is 6.07 Å². The molecule has 154 valence electrons. The molecule has 0 saturated carbocycles. The fraction of sp³-hybridized carbons (Fsp3) is 0.250. The molecule has 6 heteroatoms. The molecule has 4 rings (SSSR count). The Morgan fingerprint density at radius 3 is 1.97 bits per heavy atom. The van der Waals surface area contributed by atoms with Crippen LogP contribution >= 0.6 is 11.3 Å². The predicted octanol–water partition coefficient (Wildman–Crippen LogP) is 3.41. The van der Waals surface area contributed by atoms with Gasteiger partial charge in [0, 0.05) is 26.2 Å². The number of hydrogen-bond donors (Lipinski definition) is 1. The van der Waals surface area contributed by atoms with Gasteiger partial charge in [0.25, 0.3) is 5.91 Å². The molecule has 2 heterocycles. The molecular weight excluding hydrogens is 394 g/mol. The summed E-state index contributed by atoms with van der Waals surface area (Å²) in [6.45, 7) is 2.93. The molecule has 2 aromatic carbocycles. The maximum absolute atomic E-state index is 12.6. The summed E-state index contributed by atoms with van der Waals surface area (Å²) < 4.78 is 0. The summed E-state index contributed by atoms with van der Waals surface area (Å²) in [4.78, 5) is 29.6. The first-order valence-electron chi connectivity index (χ1n) is 10.2. The van der Waals surface area contributed by atoms with Gasteiger partial charge >= 0.3 is 0 Å². The number of piperazine rings is 1. The first-order chi connectivity index (χ1) is 14.7. The Bertz CT molecular complexity index is 913. The number of carbonyl (C=O) groups is 2. The third-order valence-corrected chi connectivity index (χ3v) is 6.28. The number of rotatable bonds is 6. The summed E-state index contributed by atoms with van der Waals surface area (Å²) in [6.07, 6.45) is 0. The van der Waals surface area contributed by atoms with E-state index in [9.17, 15) is 9.59 Å². The van der Waals surface area contributed by atoms with Gasteiger partial charge in [0.2, 0.25) is 5.91 Å². The van der Waals surface area contributed by atoms with E-state index in [1.165, 1.54) is 22.5 Å². The Hall–Kier alpha value is -2.96. The molecule has 1 saturated heterocycles. The van der Waals surface area contributed by atoms with Crippen LogP contribution in [0.1, 0.15) is 26.8 Å². The fourth-order valence-corrected chi connectivity index (χ4v) is 4.52. The van der Waals surface area contributed by atoms with Crippen molar-refractivity contribution in [2.45, 2.75) is 6.04 Å². The zero-order valence-electron chi connectivity index (χ0n) is 16.7. The monoisotopic (exact) mass is 419 g/mol. The van der Waals surface area contributed by atoms with Gasteiger partial charge in [0.05, 0.1) is 17.5 Å². The molecule has 0 atom stereocenters. The zero-order chi connectivity index (χ0) is 20.8. The van der Waals surface area contributed by atoms with Crippen molar-refractivity contribution < 1.29 is 9.59 Å². The molecule has 1 fully saturated rings. The third kappa shape index (κ3) is 4.78. The second-order valence-corrected chi connectivity index (χ2v) is 8.25. The normalized spacial score (nSPS) is 14.6. The Balaban J connectivity index is 1.37. The molecule has 0 bridgehead atoms. The SMILES string of the molecule is O=C(NCC(=O)N1CCN(C(c2ccccc2)c2ccccc2)CC1)c1cccs1. The highest BCUT2D eigenvalue weighted by molar-refractivity contribution is 7.12. The lowest BCUT2D eigenvalue weighted by Gasteiger charge is -2.39. The minimum atomic E-state index is -0.190. The first-order valence-corrected chi connectivity index (χ1v) is 11.0. The third-order valence-electron chi connectivity index (χ3n) is 5.41. The van der Waals surface area contributed by atoms with Crippen LogP contribution in [0.3, 0.4) is 0 Å². The number of hydrogen-bond acceptors (Lipinski definition) is 4. The van der Waals surface area contributed by atoms with Crippen molar-refractivity contribution in [3.05, 3.63) is 94.2 Å². The van der Waals surface area contributed by atoms with E-state index in [4.69, 9.17) is 0 Å². The summed E-state index contributed by atoms with van der Waals surface area (Å²) >= 11 is 1.37. The lowest BCUT2D eigenvalue weighted by atomic mass is 9.96. The summed E-state index contributed by atoms with van der Waals surface area (Å²) in [6, 6.07) is 24.8. The highest BCUT2D eigenvalue weighted by atomic mass is 32.1. The van der Waals surface area contributed by atoms with Gasteiger partial charge in [0.1, 0.15) is 0 Å². The maximum atomic E-state index is 12.6. The maximum Gasteiger partial charge on any atom is 0.261 e. The number of nitrogens with zero attached hydrogens (tertiary/aromatic N) is 2. The molecule has 2 amide bonds. The van der Waals surface area contributed by atoms with Crippen LogP contribution in [-0.2, 0) is 4.79 Å². The van der Waals surface area contributed by atoms with Gasteiger partial charge in [-0.3, -0.25) is 14.5 Å². The molecular formula is C24H25N3O2S. The van der Waals surface area contributed by atoms with Gasteiger partial charge in [0.15, 0.2) is 0 Å². The Morgan fingerprint density at radius 1 is 0.833 bits per heavy atom. The molecule has 1 aromatic heterocycles. The quantitative estimate of drug-likeness (QED) is 0.666. The molecule has 1 N–H and O–H groups in total. The average Bonchev–Trinajstić information content (AvgIpc) is 3.35. The smallest absolute Gasteiger partial charge is 0.261 e. The van der Waals surface area contributed by atoms with Crippen LogP contribution in [0.25, 0.3) is 0 Å². The van der Waals surface area contributed by atoms with Gasteiger partial charge in [-0.1, -0.05) is 66.7 Å². The largest absolute Gasteiger partial charge is 0.342 e. The summed E-state index contributed by atoms with van der Waals surface area (Å²) in [5.41, 5.74) is 2.51. The van der Waals surface area contributed by atoms with Crippen LogP contribution < -0.4 is 5.32 Å². The Morgan fingerprint density at radius 2 is 1.43 bits per heavy atom. The molecule has 1 aliphatic rings. The Labute approximate surface area is 180 Å². The van der Waals surface area contributed by atoms with E-state index in [0.29, 0.717) is 18.0 Å². The second kappa shape index (κ2) is 9.69. The van der Waals surface area contributed by atoms with Gasteiger partial charge in [-0.2, -0.15) is 0 Å². The number of benzene rings is 2. The van der Waals surface area contributed by atoms with Crippen molar-refractivity contribution >= 4 is 23.2 Å². The predicted molar refractivity (Wildman–Crippen MR) is 120 cm³/mol. The van der Waals surface area contributed by atoms with Crippen molar-refractivity contribution in [2.24, 2.45) is 0 Å². The van der Waals surface area contributed by atoms with E-state index >= 15 is 0 Å². The lowest BCUT2D eigenvalue weighted by molar-refractivity contribution is -0.132. The van der Waals surface area contributed by atoms with E-state index in [2.05, 4.69) is 58.7 Å². The minimum Gasteiger partial charge on any atom is -0.342 e. The standard InChI is InChI=1S/C24H25N3O2S/c28-22(18-25-24(29)21-12-7-17-30-21)26-13-15-27(16-14-26)23(19-8-3-1-4-9-19)20-10-5-2-6-11-20/h1-12,17,23H,13-16,18H2,(H,25,29). The molecule has 1 aliphatic heterocycles. The zero-order valence-corrected chi connectivity index (χ0v) is 17.6. The highest BCUT2D eigenvalue weighted by Gasteiger charge is 2.28. The van der Waals surface area contributed by atoms with Crippen molar-refractivity contribution in [3.63, 3.8) is 0 Å². The van der Waals surface area contributed by atoms with Crippen LogP contribution in [0.15, 0.2) is 78.2 Å². The van der Waals surface area contributed by atoms with Crippen LogP contribution in [0.2, 0.25) is 0 Å². The summed E-state index contributed by atoms with van der Waals surface area (Å²) in [7, 11) is 0. The lowest BCUT2D eigenvalue weighted by Crippen LogP contribution is -2.52. The van der Waals surface area contributed by atoms with E-state index < -0.39 is 0 Å². The van der Waals surface area contributed by atoms with Crippen molar-refractivity contribution in [2.75, 3.05) is 32.7 Å². The van der Waals surface area contributed by atoms with Crippen molar-refractivity contribution in [1.29, 1.82) is 0 Å². The van der Waals surface area contributed by atoms with Gasteiger partial charge < -0.3 is 10.2 Å². The molecule has 0 aliphatic carbocycles. The van der Waals surface area contributed by atoms with E-state index in [1.807, 2.05) is 28.5 Å². The van der Waals surface area contributed by atoms with Crippen LogP contribution in [0.4, 0.5) is 0 Å². The summed E-state index contributed by atoms with van der Waals surface area (Å²) in [5, 5.41) is 4.59. The van der Waals surface area contributed by atoms with Crippen LogP contribution in [-0.4, -0.2) is 54.3 Å². The highest BCUT2D eigenvalue weighted by Crippen LogP contribution is 2.29. The molecule has 3 aromatic rings. The van der Waals surface area contributed by atoms with E-state index in [-0.39, 0.29) is 24.4 Å². The average molecular weight is 420 g/mol. The molecule has 0 radical (unpaired) electrons. The number of nitrogens with one attached hydrogen (secondary N) is 1. The van der Waals surface area contributed by atoms with Crippen molar-refractivity contribution in [3.8, 4) is 0 Å². The van der Waals surface area contributed by atoms with Gasteiger partial charge in [-0.25, -0.2) is 0 Å². The minimum absolute atomic E-state index is 0.0319. The molecule has 0 spiro atoms. The van der Waals surface area contributed by atoms with Gasteiger partial charge in [-0.15, -0.1) is 11.3 Å². The molecule has 30 heavy (non-hydrogen) atoms. The Kier molecular flexibility index (Phi) is 6.57. The number of amides is 2. The number of carbonyl (C=O) groups excluding carboxylic acids is 2. The molecule has 5 nitrogen and oxygen atoms in total. The van der Waals surface area contributed by atoms with Crippen LogP contribution in [0, 0.1) is 0 Å². The number of thiophene rings is 1. The van der Waals surface area contributed by atoms with Crippen molar-refractivity contribution in [1.82, 2.24) is 15.1 Å². The first kappa shape index (κ1) is 20.3. The summed E-state index contributed by atoms with van der Waals surface area (Å²) in [5.74, 6) is -0.222. The topological polar surface area (TPSA) is 52.7 Å². The van der Waals surface area contributed by atoms with E-state index in [0.717, 1.165) is 13.1 Å². The van der Waals surface area contributed by atoms with Gasteiger partial charge in [-0.05, 0) is 22.6 Å².